The number of amides is 1. The van der Waals surface area contributed by atoms with Crippen molar-refractivity contribution in [2.45, 2.75) is 24.7 Å². The van der Waals surface area contributed by atoms with Gasteiger partial charge in [0.1, 0.15) is 5.75 Å². The molecule has 0 atom stereocenters. The second-order valence-electron chi connectivity index (χ2n) is 5.78. The molecule has 27 heavy (non-hydrogen) atoms. The van der Waals surface area contributed by atoms with Gasteiger partial charge in [-0.1, -0.05) is 23.7 Å². The Balaban J connectivity index is 1.73. The Kier molecular flexibility index (Phi) is 8.09. The minimum Gasteiger partial charge on any atom is -0.494 e. The van der Waals surface area contributed by atoms with Gasteiger partial charge < -0.3 is 10.1 Å². The van der Waals surface area contributed by atoms with E-state index in [-0.39, 0.29) is 23.8 Å². The second-order valence-corrected chi connectivity index (χ2v) is 7.99. The van der Waals surface area contributed by atoms with Crippen molar-refractivity contribution < 1.29 is 17.9 Å². The fourth-order valence-corrected chi connectivity index (χ4v) is 3.64. The van der Waals surface area contributed by atoms with Crippen LogP contribution in [-0.4, -0.2) is 34.0 Å². The molecule has 0 saturated heterocycles. The van der Waals surface area contributed by atoms with Gasteiger partial charge in [-0.2, -0.15) is 0 Å². The number of hydrogen-bond acceptors (Lipinski definition) is 4. The predicted octanol–water partition coefficient (Wildman–Crippen LogP) is 2.77. The monoisotopic (exact) mass is 410 g/mol. The molecule has 2 aromatic carbocycles. The summed E-state index contributed by atoms with van der Waals surface area (Å²) in [6.07, 6.45) is 0.718. The van der Waals surface area contributed by atoms with Crippen LogP contribution in [0.1, 0.15) is 18.9 Å². The molecule has 146 valence electrons. The first-order valence-corrected chi connectivity index (χ1v) is 10.5. The van der Waals surface area contributed by atoms with Crippen LogP contribution in [0, 0.1) is 0 Å². The van der Waals surface area contributed by atoms with Crippen molar-refractivity contribution in [1.29, 1.82) is 0 Å². The Bertz CT molecular complexity index is 854. The first-order chi connectivity index (χ1) is 12.9. The van der Waals surface area contributed by atoms with Crippen LogP contribution in [0.5, 0.6) is 5.75 Å². The van der Waals surface area contributed by atoms with E-state index in [1.54, 1.807) is 18.2 Å². The highest BCUT2D eigenvalue weighted by molar-refractivity contribution is 7.89. The first-order valence-electron chi connectivity index (χ1n) is 8.64. The normalized spacial score (nSPS) is 11.2. The highest BCUT2D eigenvalue weighted by Gasteiger charge is 2.14. The van der Waals surface area contributed by atoms with E-state index < -0.39 is 10.0 Å². The minimum atomic E-state index is -3.66. The molecule has 0 bridgehead atoms. The number of sulfonamides is 1. The van der Waals surface area contributed by atoms with Crippen LogP contribution in [-0.2, 0) is 21.2 Å². The molecule has 0 aromatic heterocycles. The smallest absolute Gasteiger partial charge is 0.240 e. The van der Waals surface area contributed by atoms with Crippen molar-refractivity contribution in [3.63, 3.8) is 0 Å². The lowest BCUT2D eigenvalue weighted by atomic mass is 10.1. The summed E-state index contributed by atoms with van der Waals surface area (Å²) < 4.78 is 32.1. The third-order valence-electron chi connectivity index (χ3n) is 3.71. The topological polar surface area (TPSA) is 84.5 Å². The van der Waals surface area contributed by atoms with Crippen molar-refractivity contribution in [2.75, 3.05) is 19.7 Å². The Hall–Kier alpha value is -2.09. The molecule has 0 radical (unpaired) electrons. The molecule has 0 saturated carbocycles. The maximum atomic E-state index is 12.2. The van der Waals surface area contributed by atoms with Gasteiger partial charge in [-0.05, 0) is 55.3 Å². The number of rotatable bonds is 10. The van der Waals surface area contributed by atoms with Crippen molar-refractivity contribution in [3.05, 3.63) is 59.1 Å². The van der Waals surface area contributed by atoms with E-state index in [1.807, 2.05) is 25.1 Å². The Morgan fingerprint density at radius 3 is 2.52 bits per heavy atom. The number of ether oxygens (including phenoxy) is 1. The zero-order valence-electron chi connectivity index (χ0n) is 15.1. The summed E-state index contributed by atoms with van der Waals surface area (Å²) in [5.74, 6) is 0.391. The Morgan fingerprint density at radius 2 is 1.85 bits per heavy atom. The standard InChI is InChI=1S/C19H23ClN2O4S/c1-2-26-17-6-8-18(9-7-17)27(24,25)22-13-11-19(23)21-12-10-15-4-3-5-16(20)14-15/h3-9,14,22H,2,10-13H2,1H3,(H,21,23). The molecule has 2 aromatic rings. The fraction of sp³-hybridized carbons (Fsp3) is 0.316. The molecular formula is C19H23ClN2O4S. The van der Waals surface area contributed by atoms with Gasteiger partial charge in [-0.25, -0.2) is 13.1 Å². The van der Waals surface area contributed by atoms with Crippen molar-refractivity contribution in [1.82, 2.24) is 10.0 Å². The summed E-state index contributed by atoms with van der Waals surface area (Å²) in [6, 6.07) is 13.6. The maximum Gasteiger partial charge on any atom is 0.240 e. The molecule has 0 fully saturated rings. The minimum absolute atomic E-state index is 0.0263. The molecule has 0 unspecified atom stereocenters. The van der Waals surface area contributed by atoms with Crippen LogP contribution in [0.15, 0.2) is 53.4 Å². The third-order valence-corrected chi connectivity index (χ3v) is 5.43. The first kappa shape index (κ1) is 21.2. The molecule has 8 heteroatoms. The molecule has 0 heterocycles. The SMILES string of the molecule is CCOc1ccc(S(=O)(=O)NCCC(=O)NCCc2cccc(Cl)c2)cc1. The van der Waals surface area contributed by atoms with Gasteiger partial charge in [-0.3, -0.25) is 4.79 Å². The van der Waals surface area contributed by atoms with Crippen LogP contribution >= 0.6 is 11.6 Å². The quantitative estimate of drug-likeness (QED) is 0.630. The van der Waals surface area contributed by atoms with Gasteiger partial charge in [0.2, 0.25) is 15.9 Å². The number of halogens is 1. The van der Waals surface area contributed by atoms with Gasteiger partial charge in [0, 0.05) is 24.5 Å². The van der Waals surface area contributed by atoms with Gasteiger partial charge in [0.15, 0.2) is 0 Å². The van der Waals surface area contributed by atoms with E-state index >= 15 is 0 Å². The zero-order valence-corrected chi connectivity index (χ0v) is 16.6. The molecule has 1 amide bonds. The van der Waals surface area contributed by atoms with E-state index in [0.717, 1.165) is 5.56 Å². The largest absolute Gasteiger partial charge is 0.494 e. The van der Waals surface area contributed by atoms with Crippen molar-refractivity contribution >= 4 is 27.5 Å². The van der Waals surface area contributed by atoms with E-state index in [0.29, 0.717) is 30.3 Å². The number of carbonyl (C=O) groups excluding carboxylic acids is 1. The number of carbonyl (C=O) groups is 1. The van der Waals surface area contributed by atoms with Crippen molar-refractivity contribution in [2.24, 2.45) is 0 Å². The molecule has 0 aliphatic rings. The van der Waals surface area contributed by atoms with E-state index in [9.17, 15) is 13.2 Å². The maximum absolute atomic E-state index is 12.2. The number of hydrogen-bond donors (Lipinski definition) is 2. The lowest BCUT2D eigenvalue weighted by Gasteiger charge is -2.09. The van der Waals surface area contributed by atoms with Crippen LogP contribution < -0.4 is 14.8 Å². The van der Waals surface area contributed by atoms with Crippen molar-refractivity contribution in [3.8, 4) is 5.75 Å². The molecule has 0 aliphatic heterocycles. The third kappa shape index (κ3) is 7.21. The lowest BCUT2D eigenvalue weighted by molar-refractivity contribution is -0.120. The van der Waals surface area contributed by atoms with Crippen LogP contribution in [0.4, 0.5) is 0 Å². The average molecular weight is 411 g/mol. The highest BCUT2D eigenvalue weighted by atomic mass is 35.5. The molecule has 6 nitrogen and oxygen atoms in total. The average Bonchev–Trinajstić information content (AvgIpc) is 2.62. The van der Waals surface area contributed by atoms with Crippen LogP contribution in [0.2, 0.25) is 5.02 Å². The van der Waals surface area contributed by atoms with Gasteiger partial charge in [0.25, 0.3) is 0 Å². The van der Waals surface area contributed by atoms with Gasteiger partial charge in [0.05, 0.1) is 11.5 Å². The second kappa shape index (κ2) is 10.3. The summed E-state index contributed by atoms with van der Waals surface area (Å²) in [6.45, 7) is 2.85. The summed E-state index contributed by atoms with van der Waals surface area (Å²) in [4.78, 5) is 12.0. The van der Waals surface area contributed by atoms with Gasteiger partial charge in [-0.15, -0.1) is 0 Å². The summed E-state index contributed by atoms with van der Waals surface area (Å²) in [5.41, 5.74) is 1.03. The molecule has 0 spiro atoms. The number of nitrogens with one attached hydrogen (secondary N) is 2. The molecule has 2 N–H and O–H groups in total. The molecular weight excluding hydrogens is 388 g/mol. The van der Waals surface area contributed by atoms with E-state index in [2.05, 4.69) is 10.0 Å². The Morgan fingerprint density at radius 1 is 1.11 bits per heavy atom. The van der Waals surface area contributed by atoms with Crippen LogP contribution in [0.3, 0.4) is 0 Å². The lowest BCUT2D eigenvalue weighted by Crippen LogP contribution is -2.31. The zero-order chi connectivity index (χ0) is 19.7. The predicted molar refractivity (Wildman–Crippen MR) is 106 cm³/mol. The molecule has 2 rings (SSSR count). The van der Waals surface area contributed by atoms with E-state index in [1.165, 1.54) is 12.1 Å². The summed E-state index contributed by atoms with van der Waals surface area (Å²) >= 11 is 5.91. The summed E-state index contributed by atoms with van der Waals surface area (Å²) in [5, 5.41) is 3.42. The van der Waals surface area contributed by atoms with Gasteiger partial charge >= 0.3 is 0 Å². The fourth-order valence-electron chi connectivity index (χ4n) is 2.39. The van der Waals surface area contributed by atoms with E-state index in [4.69, 9.17) is 16.3 Å². The molecule has 0 aliphatic carbocycles. The summed E-state index contributed by atoms with van der Waals surface area (Å²) in [7, 11) is -3.66. The Labute approximate surface area is 164 Å². The highest BCUT2D eigenvalue weighted by Crippen LogP contribution is 2.15. The number of benzene rings is 2. The van der Waals surface area contributed by atoms with Crippen LogP contribution in [0.25, 0.3) is 0 Å².